The molecule has 0 saturated carbocycles. The second-order valence-electron chi connectivity index (χ2n) is 1.93. The first-order chi connectivity index (χ1) is 4.77. The molecule has 3 heteroatoms. The van der Waals surface area contributed by atoms with Crippen molar-refractivity contribution in [3.05, 3.63) is 36.6 Å². The van der Waals surface area contributed by atoms with Gasteiger partial charge >= 0.3 is 0 Å². The minimum absolute atomic E-state index is 0.528. The van der Waals surface area contributed by atoms with Crippen molar-refractivity contribution in [2.45, 2.75) is 0 Å². The van der Waals surface area contributed by atoms with Gasteiger partial charge in [0, 0.05) is 10.6 Å². The van der Waals surface area contributed by atoms with E-state index in [4.69, 9.17) is 0 Å². The molecular formula is C7H9NOS. The van der Waals surface area contributed by atoms with Gasteiger partial charge in [-0.25, -0.2) is 4.36 Å². The highest BCUT2D eigenvalue weighted by atomic mass is 32.2. The molecule has 10 heavy (non-hydrogen) atoms. The first-order valence-corrected chi connectivity index (χ1v) is 4.32. The molecule has 0 amide bonds. The molecular weight excluding hydrogens is 146 g/mol. The maximum Gasteiger partial charge on any atom is 0.0763 e. The van der Waals surface area contributed by atoms with Crippen LogP contribution >= 0.6 is 0 Å². The highest BCUT2D eigenvalue weighted by Gasteiger charge is 2.06. The highest BCUT2D eigenvalue weighted by molar-refractivity contribution is 7.75. The van der Waals surface area contributed by atoms with Crippen LogP contribution in [0.3, 0.4) is 0 Å². The Morgan fingerprint density at radius 2 is 2.20 bits per heavy atom. The predicted molar refractivity (Wildman–Crippen MR) is 44.3 cm³/mol. The van der Waals surface area contributed by atoms with Gasteiger partial charge in [-0.2, -0.15) is 0 Å². The molecule has 1 heterocycles. The van der Waals surface area contributed by atoms with Gasteiger partial charge in [0.1, 0.15) is 0 Å². The summed E-state index contributed by atoms with van der Waals surface area (Å²) in [5.74, 6) is 0.528. The zero-order valence-corrected chi connectivity index (χ0v) is 6.47. The third-order valence-corrected chi connectivity index (χ3v) is 2.34. The van der Waals surface area contributed by atoms with Crippen LogP contribution < -0.4 is 0 Å². The molecule has 1 unspecified atom stereocenters. The number of thiol groups is 1. The van der Waals surface area contributed by atoms with Crippen LogP contribution in [0.5, 0.6) is 0 Å². The van der Waals surface area contributed by atoms with E-state index in [-0.39, 0.29) is 0 Å². The smallest absolute Gasteiger partial charge is 0.0763 e. The van der Waals surface area contributed by atoms with Crippen LogP contribution in [0.1, 0.15) is 0 Å². The van der Waals surface area contributed by atoms with Gasteiger partial charge in [-0.05, 0) is 11.6 Å². The van der Waals surface area contributed by atoms with E-state index in [9.17, 15) is 4.21 Å². The van der Waals surface area contributed by atoms with Gasteiger partial charge in [0.15, 0.2) is 0 Å². The molecule has 1 rings (SSSR count). The molecule has 0 aromatic carbocycles. The van der Waals surface area contributed by atoms with E-state index in [2.05, 4.69) is 17.5 Å². The van der Waals surface area contributed by atoms with Crippen LogP contribution in [0.15, 0.2) is 40.9 Å². The van der Waals surface area contributed by atoms with Crippen molar-refractivity contribution in [3.8, 4) is 0 Å². The average molecular weight is 155 g/mol. The van der Waals surface area contributed by atoms with E-state index < -0.39 is 10.6 Å². The van der Waals surface area contributed by atoms with E-state index in [1.807, 2.05) is 0 Å². The Labute approximate surface area is 62.2 Å². The predicted octanol–water partition coefficient (Wildman–Crippen LogP) is 1.29. The lowest BCUT2D eigenvalue weighted by molar-refractivity contribution is 0.691. The lowest BCUT2D eigenvalue weighted by atomic mass is 10.2. The molecule has 2 nitrogen and oxygen atoms in total. The molecule has 0 saturated heterocycles. The lowest BCUT2D eigenvalue weighted by Gasteiger charge is -1.88. The summed E-state index contributed by atoms with van der Waals surface area (Å²) < 4.78 is 14.7. The SMILES string of the molecule is C=CC1=C(C=C)N=[SH](=O)C1. The quantitative estimate of drug-likeness (QED) is 0.598. The average Bonchev–Trinajstić information content (AvgIpc) is 2.30. The number of hydrogen-bond acceptors (Lipinski definition) is 2. The van der Waals surface area contributed by atoms with Gasteiger partial charge < -0.3 is 0 Å². The number of rotatable bonds is 2. The molecule has 0 spiro atoms. The molecule has 1 aliphatic rings. The van der Waals surface area contributed by atoms with Crippen LogP contribution in [0.2, 0.25) is 0 Å². The molecule has 0 fully saturated rings. The fourth-order valence-electron chi connectivity index (χ4n) is 0.788. The molecule has 0 N–H and O–H groups in total. The van der Waals surface area contributed by atoms with Gasteiger partial charge in [-0.3, -0.25) is 4.21 Å². The van der Waals surface area contributed by atoms with Crippen LogP contribution in [0, 0.1) is 0 Å². The zero-order chi connectivity index (χ0) is 7.56. The maximum absolute atomic E-state index is 10.8. The second-order valence-corrected chi connectivity index (χ2v) is 3.15. The molecule has 0 aliphatic carbocycles. The summed E-state index contributed by atoms with van der Waals surface area (Å²) in [7, 11) is -1.40. The molecule has 54 valence electrons. The Balaban J connectivity index is 3.05. The maximum atomic E-state index is 10.8. The number of hydrogen-bond donors (Lipinski definition) is 1. The third-order valence-electron chi connectivity index (χ3n) is 1.29. The highest BCUT2D eigenvalue weighted by Crippen LogP contribution is 2.15. The summed E-state index contributed by atoms with van der Waals surface area (Å²) in [5.41, 5.74) is 1.67. The minimum Gasteiger partial charge on any atom is -0.252 e. The first-order valence-electron chi connectivity index (χ1n) is 2.92. The fraction of sp³-hybridized carbons (Fsp3) is 0.143. The molecule has 0 bridgehead atoms. The van der Waals surface area contributed by atoms with Gasteiger partial charge in [0.25, 0.3) is 0 Å². The summed E-state index contributed by atoms with van der Waals surface area (Å²) in [6.07, 6.45) is 3.29. The second kappa shape index (κ2) is 2.84. The summed E-state index contributed by atoms with van der Waals surface area (Å²) in [6, 6.07) is 0. The van der Waals surface area contributed by atoms with Crippen LogP contribution in [0.25, 0.3) is 0 Å². The van der Waals surface area contributed by atoms with E-state index in [1.54, 1.807) is 12.2 Å². The summed E-state index contributed by atoms with van der Waals surface area (Å²) >= 11 is 0. The standard InChI is InChI=1S/C7H9NOS/c1-3-6-5-10(9)8-7(6)4-2/h3-4,10H,1-2,5H2. The fourth-order valence-corrected chi connectivity index (χ4v) is 1.89. The lowest BCUT2D eigenvalue weighted by Crippen LogP contribution is -1.83. The molecule has 1 atom stereocenters. The normalized spacial score (nSPS) is 24.2. The van der Waals surface area contributed by atoms with Crippen LogP contribution in [-0.2, 0) is 10.6 Å². The third kappa shape index (κ3) is 1.19. The van der Waals surface area contributed by atoms with E-state index >= 15 is 0 Å². The first kappa shape index (κ1) is 7.28. The Morgan fingerprint density at radius 1 is 1.50 bits per heavy atom. The van der Waals surface area contributed by atoms with Gasteiger partial charge in [-0.15, -0.1) is 0 Å². The Morgan fingerprint density at radius 3 is 2.60 bits per heavy atom. The molecule has 0 radical (unpaired) electrons. The minimum atomic E-state index is -1.40. The summed E-state index contributed by atoms with van der Waals surface area (Å²) in [6.45, 7) is 7.13. The Kier molecular flexibility index (Phi) is 2.06. The van der Waals surface area contributed by atoms with Crippen molar-refractivity contribution >= 4 is 10.6 Å². The van der Waals surface area contributed by atoms with E-state index in [1.165, 1.54) is 0 Å². The van der Waals surface area contributed by atoms with Crippen molar-refractivity contribution < 1.29 is 4.21 Å². The largest absolute Gasteiger partial charge is 0.252 e. The summed E-state index contributed by atoms with van der Waals surface area (Å²) in [5, 5.41) is 0. The van der Waals surface area contributed by atoms with Gasteiger partial charge in [0.05, 0.1) is 11.4 Å². The van der Waals surface area contributed by atoms with Crippen molar-refractivity contribution in [2.24, 2.45) is 4.36 Å². The molecule has 0 aromatic heterocycles. The van der Waals surface area contributed by atoms with Crippen LogP contribution in [-0.4, -0.2) is 9.96 Å². The van der Waals surface area contributed by atoms with Crippen molar-refractivity contribution in [2.75, 3.05) is 5.75 Å². The topological polar surface area (TPSA) is 29.4 Å². The van der Waals surface area contributed by atoms with Crippen molar-refractivity contribution in [3.63, 3.8) is 0 Å². The van der Waals surface area contributed by atoms with Crippen LogP contribution in [0.4, 0.5) is 0 Å². The van der Waals surface area contributed by atoms with E-state index in [0.717, 1.165) is 11.3 Å². The summed E-state index contributed by atoms with van der Waals surface area (Å²) in [4.78, 5) is 0. The number of allylic oxidation sites excluding steroid dienone is 2. The molecule has 0 aromatic rings. The molecule has 1 aliphatic heterocycles. The Bertz CT molecular complexity index is 282. The van der Waals surface area contributed by atoms with Gasteiger partial charge in [-0.1, -0.05) is 19.2 Å². The van der Waals surface area contributed by atoms with Crippen molar-refractivity contribution in [1.82, 2.24) is 0 Å². The Hall–Kier alpha value is -0.830. The van der Waals surface area contributed by atoms with Crippen molar-refractivity contribution in [1.29, 1.82) is 0 Å². The number of nitrogens with zero attached hydrogens (tertiary/aromatic N) is 1. The van der Waals surface area contributed by atoms with E-state index in [0.29, 0.717) is 5.75 Å². The monoisotopic (exact) mass is 155 g/mol. The zero-order valence-electron chi connectivity index (χ0n) is 5.58. The van der Waals surface area contributed by atoms with Gasteiger partial charge in [0.2, 0.25) is 0 Å².